The highest BCUT2D eigenvalue weighted by molar-refractivity contribution is 5.68. The van der Waals surface area contributed by atoms with Gasteiger partial charge in [0.2, 0.25) is 0 Å². The average molecular weight is 338 g/mol. The fraction of sp³-hybridized carbons (Fsp3) is 0.333. The predicted molar refractivity (Wildman–Crippen MR) is 101 cm³/mol. The molecule has 0 bridgehead atoms. The van der Waals surface area contributed by atoms with Gasteiger partial charge in [-0.15, -0.1) is 0 Å². The number of hydrogen-bond donors (Lipinski definition) is 3. The molecule has 0 saturated carbocycles. The van der Waals surface area contributed by atoms with E-state index in [1.54, 1.807) is 13.2 Å². The number of ether oxygens (including phenoxy) is 1. The van der Waals surface area contributed by atoms with Crippen LogP contribution in [0.15, 0.2) is 54.6 Å². The van der Waals surface area contributed by atoms with Crippen LogP contribution in [0.3, 0.4) is 0 Å². The molecule has 0 aromatic heterocycles. The molecule has 2 aromatic rings. The van der Waals surface area contributed by atoms with Gasteiger partial charge in [-0.2, -0.15) is 0 Å². The predicted octanol–water partition coefficient (Wildman–Crippen LogP) is 4.05. The van der Waals surface area contributed by atoms with Crippen molar-refractivity contribution in [2.75, 3.05) is 7.11 Å². The van der Waals surface area contributed by atoms with Crippen molar-refractivity contribution in [2.45, 2.75) is 32.5 Å². The summed E-state index contributed by atoms with van der Waals surface area (Å²) in [6.45, 7) is 6.50. The van der Waals surface area contributed by atoms with Crippen LogP contribution in [0.1, 0.15) is 37.9 Å². The Morgan fingerprint density at radius 3 is 2.56 bits per heavy atom. The molecule has 132 valence electrons. The second-order valence-corrected chi connectivity index (χ2v) is 6.98. The van der Waals surface area contributed by atoms with Gasteiger partial charge in [0, 0.05) is 16.8 Å². The van der Waals surface area contributed by atoms with Gasteiger partial charge in [0.15, 0.2) is 0 Å². The van der Waals surface area contributed by atoms with Gasteiger partial charge in [-0.25, -0.2) is 0 Å². The lowest BCUT2D eigenvalue weighted by Crippen LogP contribution is -2.60. The lowest BCUT2D eigenvalue weighted by Gasteiger charge is -2.44. The van der Waals surface area contributed by atoms with E-state index in [4.69, 9.17) is 4.74 Å². The fourth-order valence-electron chi connectivity index (χ4n) is 3.08. The van der Waals surface area contributed by atoms with Crippen molar-refractivity contribution in [1.82, 2.24) is 10.6 Å². The van der Waals surface area contributed by atoms with Gasteiger partial charge in [-0.05, 0) is 37.1 Å². The van der Waals surface area contributed by atoms with Crippen LogP contribution in [0.5, 0.6) is 11.5 Å². The van der Waals surface area contributed by atoms with Crippen LogP contribution in [-0.4, -0.2) is 17.9 Å². The molecule has 4 nitrogen and oxygen atoms in total. The maximum atomic E-state index is 10.3. The van der Waals surface area contributed by atoms with E-state index in [0.29, 0.717) is 11.7 Å². The van der Waals surface area contributed by atoms with Crippen molar-refractivity contribution in [3.63, 3.8) is 0 Å². The molecule has 0 saturated heterocycles. The molecule has 4 heteroatoms. The molecule has 1 aliphatic heterocycles. The maximum Gasteiger partial charge on any atom is 0.120 e. The van der Waals surface area contributed by atoms with Crippen LogP contribution in [0, 0.1) is 5.92 Å². The van der Waals surface area contributed by atoms with Gasteiger partial charge >= 0.3 is 0 Å². The summed E-state index contributed by atoms with van der Waals surface area (Å²) in [7, 11) is 1.67. The van der Waals surface area contributed by atoms with Crippen molar-refractivity contribution in [3.8, 4) is 11.5 Å². The van der Waals surface area contributed by atoms with Crippen molar-refractivity contribution < 1.29 is 9.84 Å². The Kier molecular flexibility index (Phi) is 4.73. The monoisotopic (exact) mass is 338 g/mol. The third kappa shape index (κ3) is 3.49. The number of nitrogens with one attached hydrogen (secondary N) is 2. The Morgan fingerprint density at radius 1 is 1.12 bits per heavy atom. The molecular formula is C21H26N2O2. The summed E-state index contributed by atoms with van der Waals surface area (Å²) < 4.78 is 5.37. The van der Waals surface area contributed by atoms with Gasteiger partial charge < -0.3 is 15.2 Å². The molecule has 2 aromatic carbocycles. The summed E-state index contributed by atoms with van der Waals surface area (Å²) in [5.41, 5.74) is 2.66. The highest BCUT2D eigenvalue weighted by Crippen LogP contribution is 2.34. The van der Waals surface area contributed by atoms with Crippen LogP contribution in [-0.2, 0) is 0 Å². The smallest absolute Gasteiger partial charge is 0.120 e. The number of hydrogen-bond acceptors (Lipinski definition) is 4. The van der Waals surface area contributed by atoms with Crippen molar-refractivity contribution >= 4 is 5.70 Å². The quantitative estimate of drug-likeness (QED) is 0.787. The molecule has 0 radical (unpaired) electrons. The Hall–Kier alpha value is -2.46. The van der Waals surface area contributed by atoms with Crippen LogP contribution < -0.4 is 15.4 Å². The third-order valence-electron chi connectivity index (χ3n) is 4.99. The lowest BCUT2D eigenvalue weighted by molar-refractivity contribution is 0.208. The summed E-state index contributed by atoms with van der Waals surface area (Å²) >= 11 is 0. The molecule has 3 N–H and O–H groups in total. The van der Waals surface area contributed by atoms with Crippen molar-refractivity contribution in [3.05, 3.63) is 65.7 Å². The molecule has 0 aliphatic carbocycles. The minimum absolute atomic E-state index is 0.0870. The number of para-hydroxylation sites is 1. The SMILES string of the molecule is COc1cccc(C2=CC(c3ccccc3O)NC(C)(C(C)C)N2)c1. The molecule has 0 amide bonds. The summed E-state index contributed by atoms with van der Waals surface area (Å²) in [4.78, 5) is 0. The summed E-state index contributed by atoms with van der Waals surface area (Å²) in [5, 5.41) is 17.6. The zero-order valence-electron chi connectivity index (χ0n) is 15.2. The van der Waals surface area contributed by atoms with Crippen LogP contribution in [0.4, 0.5) is 0 Å². The Balaban J connectivity index is 2.07. The Labute approximate surface area is 149 Å². The normalized spacial score (nSPS) is 23.1. The van der Waals surface area contributed by atoms with E-state index in [1.165, 1.54) is 0 Å². The number of methoxy groups -OCH3 is 1. The van der Waals surface area contributed by atoms with E-state index in [-0.39, 0.29) is 11.7 Å². The van der Waals surface area contributed by atoms with Gasteiger partial charge in [0.25, 0.3) is 0 Å². The van der Waals surface area contributed by atoms with E-state index in [9.17, 15) is 5.11 Å². The average Bonchev–Trinajstić information content (AvgIpc) is 2.61. The Morgan fingerprint density at radius 2 is 1.88 bits per heavy atom. The highest BCUT2D eigenvalue weighted by atomic mass is 16.5. The molecule has 2 unspecified atom stereocenters. The number of aromatic hydroxyl groups is 1. The largest absolute Gasteiger partial charge is 0.508 e. The lowest BCUT2D eigenvalue weighted by atomic mass is 9.90. The number of phenols is 1. The van der Waals surface area contributed by atoms with Crippen LogP contribution >= 0.6 is 0 Å². The minimum Gasteiger partial charge on any atom is -0.508 e. The van der Waals surface area contributed by atoms with Crippen LogP contribution in [0.25, 0.3) is 5.70 Å². The van der Waals surface area contributed by atoms with E-state index >= 15 is 0 Å². The second kappa shape index (κ2) is 6.81. The molecule has 1 heterocycles. The van der Waals surface area contributed by atoms with Gasteiger partial charge in [-0.1, -0.05) is 44.2 Å². The first kappa shape index (κ1) is 17.4. The fourth-order valence-corrected chi connectivity index (χ4v) is 3.08. The zero-order chi connectivity index (χ0) is 18.0. The molecule has 1 aliphatic rings. The molecule has 2 atom stereocenters. The van der Waals surface area contributed by atoms with E-state index < -0.39 is 0 Å². The van der Waals surface area contributed by atoms with Crippen molar-refractivity contribution in [2.24, 2.45) is 5.92 Å². The molecule has 3 rings (SSSR count). The van der Waals surface area contributed by atoms with E-state index in [0.717, 1.165) is 22.6 Å². The van der Waals surface area contributed by atoms with Gasteiger partial charge in [-0.3, -0.25) is 5.32 Å². The van der Waals surface area contributed by atoms with E-state index in [2.05, 4.69) is 43.5 Å². The standard InChI is InChI=1S/C21H26N2O2/c1-14(2)21(3)22-18(15-8-7-9-16(12-15)25-4)13-19(23-21)17-10-5-6-11-20(17)24/h5-14,19,22-24H,1-4H3. The summed E-state index contributed by atoms with van der Waals surface area (Å²) in [5.74, 6) is 1.47. The summed E-state index contributed by atoms with van der Waals surface area (Å²) in [6, 6.07) is 15.4. The summed E-state index contributed by atoms with van der Waals surface area (Å²) in [6.07, 6.45) is 2.12. The zero-order valence-corrected chi connectivity index (χ0v) is 15.2. The maximum absolute atomic E-state index is 10.3. The number of benzene rings is 2. The number of phenolic OH excluding ortho intramolecular Hbond substituents is 1. The van der Waals surface area contributed by atoms with Crippen LogP contribution in [0.2, 0.25) is 0 Å². The third-order valence-corrected chi connectivity index (χ3v) is 4.99. The van der Waals surface area contributed by atoms with Gasteiger partial charge in [0.1, 0.15) is 11.5 Å². The minimum atomic E-state index is -0.305. The molecule has 0 fully saturated rings. The molecular weight excluding hydrogens is 312 g/mol. The molecule has 25 heavy (non-hydrogen) atoms. The number of rotatable bonds is 4. The first-order valence-corrected chi connectivity index (χ1v) is 8.63. The first-order chi connectivity index (χ1) is 11.9. The molecule has 0 spiro atoms. The highest BCUT2D eigenvalue weighted by Gasteiger charge is 2.35. The second-order valence-electron chi connectivity index (χ2n) is 6.98. The van der Waals surface area contributed by atoms with Gasteiger partial charge in [0.05, 0.1) is 18.8 Å². The Bertz CT molecular complexity index is 785. The first-order valence-electron chi connectivity index (χ1n) is 8.63. The van der Waals surface area contributed by atoms with E-state index in [1.807, 2.05) is 36.4 Å². The topological polar surface area (TPSA) is 53.5 Å². The van der Waals surface area contributed by atoms with Crippen molar-refractivity contribution in [1.29, 1.82) is 0 Å².